The molecule has 0 aromatic carbocycles. The van der Waals surface area contributed by atoms with Crippen LogP contribution in [0.15, 0.2) is 12.2 Å². The van der Waals surface area contributed by atoms with Crippen molar-refractivity contribution in [2.24, 2.45) is 0 Å². The number of aliphatic carboxylic acids is 1. The number of carboxylic acid groups (broad SMARTS) is 1. The molecular formula is C46H87NO7. The summed E-state index contributed by atoms with van der Waals surface area (Å²) >= 11 is 0. The average molecular weight is 766 g/mol. The van der Waals surface area contributed by atoms with Gasteiger partial charge < -0.3 is 28.6 Å². The number of carbonyl (C=O) groups is 3. The largest absolute Gasteiger partial charge is 0.544 e. The molecule has 0 saturated carbocycles. The second-order valence-electron chi connectivity index (χ2n) is 16.6. The van der Waals surface area contributed by atoms with E-state index in [1.165, 1.54) is 122 Å². The number of hydrogen-bond donors (Lipinski definition) is 0. The minimum Gasteiger partial charge on any atom is -0.544 e. The third-order valence-electron chi connectivity index (χ3n) is 10.4. The Balaban J connectivity index is 4.18. The first kappa shape index (κ1) is 52.1. The molecule has 0 aliphatic carbocycles. The number of ether oxygens (including phenoxy) is 3. The molecule has 0 spiro atoms. The molecular weight excluding hydrogens is 679 g/mol. The predicted molar refractivity (Wildman–Crippen MR) is 222 cm³/mol. The third kappa shape index (κ3) is 35.8. The number of quaternary nitrogens is 1. The molecule has 8 nitrogen and oxygen atoms in total. The van der Waals surface area contributed by atoms with Crippen molar-refractivity contribution in [1.82, 2.24) is 0 Å². The molecule has 0 radical (unpaired) electrons. The molecule has 0 amide bonds. The molecule has 0 aromatic rings. The number of carbonyl (C=O) groups excluding carboxylic acids is 3. The van der Waals surface area contributed by atoms with Crippen molar-refractivity contribution in [2.45, 2.75) is 225 Å². The highest BCUT2D eigenvalue weighted by Crippen LogP contribution is 2.16. The highest BCUT2D eigenvalue weighted by Gasteiger charge is 2.25. The Morgan fingerprint density at radius 2 is 0.944 bits per heavy atom. The number of rotatable bonds is 41. The van der Waals surface area contributed by atoms with Crippen molar-refractivity contribution in [1.29, 1.82) is 0 Å². The van der Waals surface area contributed by atoms with Gasteiger partial charge in [0.25, 0.3) is 0 Å². The van der Waals surface area contributed by atoms with Crippen molar-refractivity contribution in [2.75, 3.05) is 41.0 Å². The van der Waals surface area contributed by atoms with E-state index in [2.05, 4.69) is 26.0 Å². The molecule has 0 aromatic heterocycles. The van der Waals surface area contributed by atoms with E-state index in [4.69, 9.17) is 14.2 Å². The normalized spacial score (nSPS) is 13.0. The molecule has 0 aliphatic rings. The van der Waals surface area contributed by atoms with Gasteiger partial charge in [-0.05, 0) is 32.1 Å². The van der Waals surface area contributed by atoms with Gasteiger partial charge in [0, 0.05) is 19.3 Å². The summed E-state index contributed by atoms with van der Waals surface area (Å²) in [4.78, 5) is 36.8. The van der Waals surface area contributed by atoms with E-state index in [0.717, 1.165) is 57.8 Å². The second kappa shape index (κ2) is 38.0. The van der Waals surface area contributed by atoms with Gasteiger partial charge in [-0.2, -0.15) is 0 Å². The van der Waals surface area contributed by atoms with E-state index < -0.39 is 18.1 Å². The molecule has 54 heavy (non-hydrogen) atoms. The lowest BCUT2D eigenvalue weighted by Gasteiger charge is -2.34. The Morgan fingerprint density at radius 3 is 1.39 bits per heavy atom. The van der Waals surface area contributed by atoms with Crippen molar-refractivity contribution in [3.63, 3.8) is 0 Å². The Bertz CT molecular complexity index is 900. The molecule has 0 aliphatic heterocycles. The number of carboxylic acids is 1. The third-order valence-corrected chi connectivity index (χ3v) is 10.4. The number of likely N-dealkylation sites (N-methyl/N-ethyl adjacent to an activating group) is 1. The molecule has 318 valence electrons. The lowest BCUT2D eigenvalue weighted by Crippen LogP contribution is -2.55. The monoisotopic (exact) mass is 766 g/mol. The summed E-state index contributed by atoms with van der Waals surface area (Å²) in [5.74, 6) is -1.74. The maximum atomic E-state index is 12.6. The summed E-state index contributed by atoms with van der Waals surface area (Å²) in [7, 11) is 5.41. The van der Waals surface area contributed by atoms with Gasteiger partial charge in [0.1, 0.15) is 12.6 Å². The Hall–Kier alpha value is -1.93. The SMILES string of the molecule is CCCC/C=C/CCCCCCC(=O)OC(COCCC(C(=O)[O-])[N+](C)(C)C)COC(=O)CCCCCCCCCCCCCCCCCCCCCC. The van der Waals surface area contributed by atoms with Gasteiger partial charge in [0.05, 0.1) is 40.3 Å². The Kier molecular flexibility index (Phi) is 36.6. The van der Waals surface area contributed by atoms with E-state index in [1.54, 1.807) is 21.1 Å². The smallest absolute Gasteiger partial charge is 0.306 e. The topological polar surface area (TPSA) is 102 Å². The number of esters is 2. The standard InChI is InChI=1S/C46H87NO7/c1-6-8-10-12-14-16-18-19-20-21-22-23-24-25-26-27-29-30-32-34-36-44(48)53-41-42(40-52-39-38-43(46(50)51)47(3,4)5)54-45(49)37-35-33-31-28-17-15-13-11-9-7-2/h13,15,42-43H,6-12,14,16-41H2,1-5H3/b15-13+. The van der Waals surface area contributed by atoms with Crippen LogP contribution in [0.4, 0.5) is 0 Å². The highest BCUT2D eigenvalue weighted by molar-refractivity contribution is 5.70. The zero-order valence-electron chi connectivity index (χ0n) is 36.2. The van der Waals surface area contributed by atoms with Gasteiger partial charge in [0.2, 0.25) is 0 Å². The highest BCUT2D eigenvalue weighted by atomic mass is 16.6. The van der Waals surface area contributed by atoms with Crippen LogP contribution >= 0.6 is 0 Å². The zero-order chi connectivity index (χ0) is 40.0. The Labute approximate surface area is 333 Å². The van der Waals surface area contributed by atoms with E-state index in [-0.39, 0.29) is 42.7 Å². The van der Waals surface area contributed by atoms with Crippen LogP contribution in [0.3, 0.4) is 0 Å². The number of unbranched alkanes of at least 4 members (excludes halogenated alkanes) is 25. The van der Waals surface area contributed by atoms with Crippen molar-refractivity contribution >= 4 is 17.9 Å². The van der Waals surface area contributed by atoms with E-state index >= 15 is 0 Å². The summed E-state index contributed by atoms with van der Waals surface area (Å²) in [6, 6.07) is -0.722. The fraction of sp³-hybridized carbons (Fsp3) is 0.891. The van der Waals surface area contributed by atoms with Crippen LogP contribution in [0.25, 0.3) is 0 Å². The van der Waals surface area contributed by atoms with Crippen LogP contribution in [0, 0.1) is 0 Å². The maximum Gasteiger partial charge on any atom is 0.306 e. The van der Waals surface area contributed by atoms with Gasteiger partial charge in [-0.3, -0.25) is 9.59 Å². The van der Waals surface area contributed by atoms with Crippen molar-refractivity contribution in [3.05, 3.63) is 12.2 Å². The van der Waals surface area contributed by atoms with Crippen LogP contribution < -0.4 is 5.11 Å². The van der Waals surface area contributed by atoms with Gasteiger partial charge in [-0.1, -0.05) is 174 Å². The zero-order valence-corrected chi connectivity index (χ0v) is 36.2. The molecule has 0 fully saturated rings. The molecule has 0 saturated heterocycles. The van der Waals surface area contributed by atoms with Crippen LogP contribution in [0.5, 0.6) is 0 Å². The summed E-state index contributed by atoms with van der Waals surface area (Å²) in [5, 5.41) is 11.6. The minimum absolute atomic E-state index is 0.0413. The van der Waals surface area contributed by atoms with Crippen molar-refractivity contribution in [3.8, 4) is 0 Å². The van der Waals surface area contributed by atoms with Gasteiger partial charge in [-0.15, -0.1) is 0 Å². The average Bonchev–Trinajstić information content (AvgIpc) is 3.12. The van der Waals surface area contributed by atoms with Crippen LogP contribution in [0.2, 0.25) is 0 Å². The molecule has 0 N–H and O–H groups in total. The first-order chi connectivity index (χ1) is 26.1. The van der Waals surface area contributed by atoms with Gasteiger partial charge >= 0.3 is 11.9 Å². The van der Waals surface area contributed by atoms with Gasteiger partial charge in [-0.25, -0.2) is 0 Å². The van der Waals surface area contributed by atoms with Crippen LogP contribution in [-0.2, 0) is 28.6 Å². The number of nitrogens with zero attached hydrogens (tertiary/aromatic N) is 1. The fourth-order valence-electron chi connectivity index (χ4n) is 6.82. The summed E-state index contributed by atoms with van der Waals surface area (Å²) in [6.45, 7) is 4.63. The number of allylic oxidation sites excluding steroid dienone is 2. The van der Waals surface area contributed by atoms with E-state index in [9.17, 15) is 19.5 Å². The molecule has 2 atom stereocenters. The predicted octanol–water partition coefficient (Wildman–Crippen LogP) is 11.0. The first-order valence-corrected chi connectivity index (χ1v) is 22.7. The van der Waals surface area contributed by atoms with Gasteiger partial charge in [0.15, 0.2) is 6.10 Å². The van der Waals surface area contributed by atoms with Crippen molar-refractivity contribution < 1.29 is 38.2 Å². The van der Waals surface area contributed by atoms with Crippen LogP contribution in [-0.4, -0.2) is 75.5 Å². The quantitative estimate of drug-likeness (QED) is 0.0264. The maximum absolute atomic E-state index is 12.6. The molecule has 0 bridgehead atoms. The van der Waals surface area contributed by atoms with Crippen LogP contribution in [0.1, 0.15) is 213 Å². The molecule has 8 heteroatoms. The minimum atomic E-state index is -1.12. The molecule has 0 heterocycles. The van der Waals surface area contributed by atoms with E-state index in [1.807, 2.05) is 0 Å². The number of hydrogen-bond acceptors (Lipinski definition) is 7. The first-order valence-electron chi connectivity index (χ1n) is 22.7. The fourth-order valence-corrected chi connectivity index (χ4v) is 6.82. The molecule has 2 unspecified atom stereocenters. The molecule has 0 rings (SSSR count). The van der Waals surface area contributed by atoms with E-state index in [0.29, 0.717) is 12.8 Å². The summed E-state index contributed by atoms with van der Waals surface area (Å²) < 4.78 is 17.1. The lowest BCUT2D eigenvalue weighted by molar-refractivity contribution is -0.889. The second-order valence-corrected chi connectivity index (χ2v) is 16.6. The summed E-state index contributed by atoms with van der Waals surface area (Å²) in [5.41, 5.74) is 0. The Morgan fingerprint density at radius 1 is 0.537 bits per heavy atom. The summed E-state index contributed by atoms with van der Waals surface area (Å²) in [6.07, 6.45) is 39.6. The lowest BCUT2D eigenvalue weighted by atomic mass is 10.0.